The number of hydrogen-bond acceptors (Lipinski definition) is 4. The van der Waals surface area contributed by atoms with Crippen LogP contribution in [0.1, 0.15) is 19.0 Å². The van der Waals surface area contributed by atoms with Gasteiger partial charge in [-0.15, -0.1) is 11.3 Å². The Kier molecular flexibility index (Phi) is 3.60. The molecule has 1 aromatic carbocycles. The number of imidazole rings is 1. The first-order valence-corrected chi connectivity index (χ1v) is 7.66. The average molecular weight is 286 g/mol. The molecule has 0 saturated carbocycles. The van der Waals surface area contributed by atoms with Gasteiger partial charge in [-0.2, -0.15) is 0 Å². The molecule has 3 aromatic rings. The Hall–Kier alpha value is -2.01. The third-order valence-electron chi connectivity index (χ3n) is 3.22. The van der Waals surface area contributed by atoms with Crippen molar-refractivity contribution in [3.05, 3.63) is 47.7 Å². The normalized spacial score (nSPS) is 11.1. The lowest BCUT2D eigenvalue weighted by Gasteiger charge is -2.23. The van der Waals surface area contributed by atoms with Crippen LogP contribution in [0.3, 0.4) is 0 Å². The molecule has 0 aliphatic carbocycles. The molecule has 0 spiro atoms. The lowest BCUT2D eigenvalue weighted by atomic mass is 10.2. The molecule has 2 heterocycles. The van der Waals surface area contributed by atoms with Crippen LogP contribution in [0.15, 0.2) is 42.0 Å². The number of nitrogens with two attached hydrogens (primary N) is 1. The number of nitrogen functional groups attached to an aromatic ring is 1. The second kappa shape index (κ2) is 5.54. The Morgan fingerprint density at radius 1 is 1.40 bits per heavy atom. The Morgan fingerprint density at radius 3 is 3.05 bits per heavy atom. The van der Waals surface area contributed by atoms with Gasteiger partial charge in [0.15, 0.2) is 4.96 Å². The zero-order valence-electron chi connectivity index (χ0n) is 11.5. The van der Waals surface area contributed by atoms with E-state index >= 15 is 0 Å². The molecule has 0 fully saturated rings. The first-order valence-electron chi connectivity index (χ1n) is 6.78. The predicted octanol–water partition coefficient (Wildman–Crippen LogP) is 3.39. The molecule has 0 atom stereocenters. The number of fused-ring (bicyclic) bond motifs is 1. The summed E-state index contributed by atoms with van der Waals surface area (Å²) in [4.78, 5) is 8.02. The lowest BCUT2D eigenvalue weighted by Crippen LogP contribution is -2.23. The molecule has 20 heavy (non-hydrogen) atoms. The average Bonchev–Trinajstić information content (AvgIpc) is 2.99. The van der Waals surface area contributed by atoms with Gasteiger partial charge in [0.05, 0.1) is 12.2 Å². The second-order valence-corrected chi connectivity index (χ2v) is 5.71. The summed E-state index contributed by atoms with van der Waals surface area (Å²) in [5.41, 5.74) is 8.93. The maximum absolute atomic E-state index is 5.89. The van der Waals surface area contributed by atoms with E-state index in [4.69, 9.17) is 5.73 Å². The first kappa shape index (κ1) is 13.0. The molecule has 0 bridgehead atoms. The van der Waals surface area contributed by atoms with Crippen molar-refractivity contribution >= 4 is 27.7 Å². The highest BCUT2D eigenvalue weighted by atomic mass is 32.1. The van der Waals surface area contributed by atoms with Gasteiger partial charge in [-0.05, 0) is 24.6 Å². The van der Waals surface area contributed by atoms with Gasteiger partial charge in [-0.25, -0.2) is 4.98 Å². The smallest absolute Gasteiger partial charge is 0.193 e. The van der Waals surface area contributed by atoms with Crippen molar-refractivity contribution in [2.45, 2.75) is 19.9 Å². The van der Waals surface area contributed by atoms with E-state index in [1.807, 2.05) is 29.8 Å². The highest BCUT2D eigenvalue weighted by molar-refractivity contribution is 7.15. The summed E-state index contributed by atoms with van der Waals surface area (Å²) >= 11 is 1.66. The molecule has 0 unspecified atom stereocenters. The molecule has 0 aliphatic heterocycles. The van der Waals surface area contributed by atoms with E-state index in [1.165, 1.54) is 0 Å². The minimum absolute atomic E-state index is 0.800. The molecular formula is C15H18N4S. The Labute approximate surface area is 122 Å². The molecule has 0 saturated heterocycles. The van der Waals surface area contributed by atoms with E-state index in [-0.39, 0.29) is 0 Å². The molecule has 5 heteroatoms. The van der Waals surface area contributed by atoms with Gasteiger partial charge in [0, 0.05) is 35.7 Å². The van der Waals surface area contributed by atoms with Crippen molar-refractivity contribution in [2.75, 3.05) is 17.2 Å². The number of hydrogen-bond donors (Lipinski definition) is 1. The minimum Gasteiger partial charge on any atom is -0.399 e. The number of thiazole rings is 1. The maximum Gasteiger partial charge on any atom is 0.193 e. The van der Waals surface area contributed by atoms with E-state index in [0.29, 0.717) is 0 Å². The van der Waals surface area contributed by atoms with Crippen LogP contribution in [0, 0.1) is 0 Å². The van der Waals surface area contributed by atoms with E-state index < -0.39 is 0 Å². The van der Waals surface area contributed by atoms with Gasteiger partial charge >= 0.3 is 0 Å². The van der Waals surface area contributed by atoms with Crippen LogP contribution in [0.4, 0.5) is 11.4 Å². The van der Waals surface area contributed by atoms with Gasteiger partial charge in [0.25, 0.3) is 0 Å². The van der Waals surface area contributed by atoms with Gasteiger partial charge in [-0.3, -0.25) is 4.40 Å². The van der Waals surface area contributed by atoms with Gasteiger partial charge < -0.3 is 10.6 Å². The third kappa shape index (κ3) is 2.63. The summed E-state index contributed by atoms with van der Waals surface area (Å²) in [5.74, 6) is 0. The number of rotatable bonds is 5. The quantitative estimate of drug-likeness (QED) is 0.731. The van der Waals surface area contributed by atoms with Crippen LogP contribution in [-0.4, -0.2) is 15.9 Å². The largest absolute Gasteiger partial charge is 0.399 e. The fraction of sp³-hybridized carbons (Fsp3) is 0.267. The highest BCUT2D eigenvalue weighted by Gasteiger charge is 2.10. The summed E-state index contributed by atoms with van der Waals surface area (Å²) in [6.45, 7) is 3.99. The van der Waals surface area contributed by atoms with Gasteiger partial charge in [0.2, 0.25) is 0 Å². The van der Waals surface area contributed by atoms with Crippen molar-refractivity contribution in [3.63, 3.8) is 0 Å². The number of aromatic nitrogens is 2. The van der Waals surface area contributed by atoms with Crippen LogP contribution in [0.25, 0.3) is 4.96 Å². The summed E-state index contributed by atoms with van der Waals surface area (Å²) in [5, 5.41) is 2.05. The predicted molar refractivity (Wildman–Crippen MR) is 85.3 cm³/mol. The fourth-order valence-electron chi connectivity index (χ4n) is 2.34. The van der Waals surface area contributed by atoms with Crippen molar-refractivity contribution in [2.24, 2.45) is 0 Å². The molecule has 104 valence electrons. The van der Waals surface area contributed by atoms with Crippen molar-refractivity contribution < 1.29 is 0 Å². The van der Waals surface area contributed by atoms with Gasteiger partial charge in [-0.1, -0.05) is 13.0 Å². The van der Waals surface area contributed by atoms with Crippen LogP contribution < -0.4 is 10.6 Å². The van der Waals surface area contributed by atoms with Crippen molar-refractivity contribution in [3.8, 4) is 0 Å². The molecular weight excluding hydrogens is 268 g/mol. The topological polar surface area (TPSA) is 46.6 Å². The van der Waals surface area contributed by atoms with E-state index in [0.717, 1.165) is 41.5 Å². The highest BCUT2D eigenvalue weighted by Crippen LogP contribution is 2.21. The third-order valence-corrected chi connectivity index (χ3v) is 4.00. The summed E-state index contributed by atoms with van der Waals surface area (Å²) in [6, 6.07) is 8.04. The summed E-state index contributed by atoms with van der Waals surface area (Å²) in [7, 11) is 0. The number of anilines is 2. The molecule has 4 nitrogen and oxygen atoms in total. The lowest BCUT2D eigenvalue weighted by molar-refractivity contribution is 0.757. The summed E-state index contributed by atoms with van der Waals surface area (Å²) < 4.78 is 2.07. The zero-order valence-corrected chi connectivity index (χ0v) is 12.3. The standard InChI is InChI=1S/C15H18N4S/c1-2-6-18(14-5-3-4-12(16)9-14)10-13-11-19-7-8-20-15(19)17-13/h3-5,7-9,11H,2,6,10,16H2,1H3. The molecule has 3 rings (SSSR count). The zero-order chi connectivity index (χ0) is 13.9. The molecule has 2 aromatic heterocycles. The minimum atomic E-state index is 0.800. The summed E-state index contributed by atoms with van der Waals surface area (Å²) in [6.07, 6.45) is 5.24. The maximum atomic E-state index is 5.89. The van der Waals surface area contributed by atoms with Crippen LogP contribution in [0.5, 0.6) is 0 Å². The Balaban J connectivity index is 1.85. The molecule has 0 radical (unpaired) electrons. The van der Waals surface area contributed by atoms with E-state index in [1.54, 1.807) is 11.3 Å². The number of benzene rings is 1. The molecule has 2 N–H and O–H groups in total. The number of nitrogens with zero attached hydrogens (tertiary/aromatic N) is 3. The van der Waals surface area contributed by atoms with E-state index in [2.05, 4.69) is 33.5 Å². The van der Waals surface area contributed by atoms with Crippen LogP contribution >= 0.6 is 11.3 Å². The Morgan fingerprint density at radius 2 is 2.30 bits per heavy atom. The van der Waals surface area contributed by atoms with Gasteiger partial charge in [0.1, 0.15) is 0 Å². The van der Waals surface area contributed by atoms with Crippen molar-refractivity contribution in [1.82, 2.24) is 9.38 Å². The van der Waals surface area contributed by atoms with Crippen LogP contribution in [0.2, 0.25) is 0 Å². The van der Waals surface area contributed by atoms with Crippen molar-refractivity contribution in [1.29, 1.82) is 0 Å². The van der Waals surface area contributed by atoms with E-state index in [9.17, 15) is 0 Å². The fourth-order valence-corrected chi connectivity index (χ4v) is 3.06. The monoisotopic (exact) mass is 286 g/mol. The Bertz CT molecular complexity index is 672. The molecule has 0 aliphatic rings. The van der Waals surface area contributed by atoms with Crippen LogP contribution in [-0.2, 0) is 6.54 Å². The molecule has 0 amide bonds. The first-order chi connectivity index (χ1) is 9.76. The SMILES string of the molecule is CCCN(Cc1cn2ccsc2n1)c1cccc(N)c1. The second-order valence-electron chi connectivity index (χ2n) is 4.84.